The molecule has 0 unspecified atom stereocenters. The second-order valence-corrected chi connectivity index (χ2v) is 6.07. The summed E-state index contributed by atoms with van der Waals surface area (Å²) in [6, 6.07) is 13.0. The van der Waals surface area contributed by atoms with Gasteiger partial charge in [-0.05, 0) is 35.9 Å². The van der Waals surface area contributed by atoms with Gasteiger partial charge in [-0.15, -0.1) is 11.3 Å². The van der Waals surface area contributed by atoms with E-state index in [1.807, 2.05) is 30.3 Å². The van der Waals surface area contributed by atoms with E-state index in [-0.39, 0.29) is 11.8 Å². The van der Waals surface area contributed by atoms with Crippen molar-refractivity contribution in [3.63, 3.8) is 0 Å². The highest BCUT2D eigenvalue weighted by Gasteiger charge is 2.18. The highest BCUT2D eigenvalue weighted by Crippen LogP contribution is 2.27. The first-order chi connectivity index (χ1) is 10.7. The highest BCUT2D eigenvalue weighted by molar-refractivity contribution is 7.20. The van der Waals surface area contributed by atoms with Gasteiger partial charge in [-0.1, -0.05) is 12.1 Å². The molecule has 0 spiro atoms. The second-order valence-electron chi connectivity index (χ2n) is 5.04. The average Bonchev–Trinajstić information content (AvgIpc) is 3.08. The number of aromatic nitrogens is 1. The quantitative estimate of drug-likeness (QED) is 0.764. The SMILES string of the molecule is O=C1Cc2cc(NC(=O)c3nc4ccccc4s3)ccc2N1. The van der Waals surface area contributed by atoms with Crippen LogP contribution >= 0.6 is 11.3 Å². The fraction of sp³-hybridized carbons (Fsp3) is 0.0625. The van der Waals surface area contributed by atoms with E-state index in [0.29, 0.717) is 17.1 Å². The van der Waals surface area contributed by atoms with Gasteiger partial charge in [0, 0.05) is 11.4 Å². The fourth-order valence-corrected chi connectivity index (χ4v) is 3.32. The second kappa shape index (κ2) is 4.92. The van der Waals surface area contributed by atoms with Crippen LogP contribution in [0.25, 0.3) is 10.2 Å². The molecular weight excluding hydrogens is 298 g/mol. The van der Waals surface area contributed by atoms with Crippen LogP contribution in [-0.2, 0) is 11.2 Å². The van der Waals surface area contributed by atoms with Gasteiger partial charge in [0.2, 0.25) is 5.91 Å². The molecule has 2 aromatic carbocycles. The summed E-state index contributed by atoms with van der Waals surface area (Å²) in [5.41, 5.74) is 3.19. The molecule has 5 nitrogen and oxygen atoms in total. The lowest BCUT2D eigenvalue weighted by atomic mass is 10.1. The van der Waals surface area contributed by atoms with Crippen molar-refractivity contribution in [2.45, 2.75) is 6.42 Å². The Hall–Kier alpha value is -2.73. The van der Waals surface area contributed by atoms with E-state index in [4.69, 9.17) is 0 Å². The molecule has 6 heteroatoms. The predicted molar refractivity (Wildman–Crippen MR) is 86.3 cm³/mol. The molecule has 1 aliphatic heterocycles. The number of nitrogens with zero attached hydrogens (tertiary/aromatic N) is 1. The molecule has 0 bridgehead atoms. The molecule has 4 rings (SSSR count). The minimum Gasteiger partial charge on any atom is -0.326 e. The van der Waals surface area contributed by atoms with Gasteiger partial charge >= 0.3 is 0 Å². The van der Waals surface area contributed by atoms with E-state index in [2.05, 4.69) is 15.6 Å². The van der Waals surface area contributed by atoms with E-state index in [9.17, 15) is 9.59 Å². The van der Waals surface area contributed by atoms with Crippen molar-refractivity contribution in [3.05, 3.63) is 53.0 Å². The maximum absolute atomic E-state index is 12.3. The molecule has 2 amide bonds. The number of fused-ring (bicyclic) bond motifs is 2. The molecule has 108 valence electrons. The summed E-state index contributed by atoms with van der Waals surface area (Å²) < 4.78 is 0.983. The van der Waals surface area contributed by atoms with Crippen LogP contribution in [0.15, 0.2) is 42.5 Å². The van der Waals surface area contributed by atoms with Gasteiger partial charge < -0.3 is 10.6 Å². The van der Waals surface area contributed by atoms with E-state index < -0.39 is 0 Å². The van der Waals surface area contributed by atoms with Crippen molar-refractivity contribution in [2.75, 3.05) is 10.6 Å². The van der Waals surface area contributed by atoms with Crippen molar-refractivity contribution in [3.8, 4) is 0 Å². The lowest BCUT2D eigenvalue weighted by molar-refractivity contribution is -0.115. The van der Waals surface area contributed by atoms with Gasteiger partial charge in [0.05, 0.1) is 16.6 Å². The number of hydrogen-bond donors (Lipinski definition) is 2. The number of rotatable bonds is 2. The minimum atomic E-state index is -0.238. The topological polar surface area (TPSA) is 71.1 Å². The maximum atomic E-state index is 12.3. The van der Waals surface area contributed by atoms with Crippen LogP contribution in [0.2, 0.25) is 0 Å². The van der Waals surface area contributed by atoms with Crippen molar-refractivity contribution in [1.29, 1.82) is 0 Å². The molecule has 0 saturated heterocycles. The van der Waals surface area contributed by atoms with Crippen LogP contribution in [0.4, 0.5) is 11.4 Å². The molecule has 1 aliphatic rings. The van der Waals surface area contributed by atoms with Gasteiger partial charge in [-0.2, -0.15) is 0 Å². The van der Waals surface area contributed by atoms with Crippen LogP contribution in [0.3, 0.4) is 0 Å². The van der Waals surface area contributed by atoms with Gasteiger partial charge in [0.15, 0.2) is 5.01 Å². The molecule has 2 N–H and O–H groups in total. The van der Waals surface area contributed by atoms with Gasteiger partial charge in [0.25, 0.3) is 5.91 Å². The lowest BCUT2D eigenvalue weighted by Crippen LogP contribution is -2.11. The Balaban J connectivity index is 1.59. The summed E-state index contributed by atoms with van der Waals surface area (Å²) in [5, 5.41) is 6.03. The van der Waals surface area contributed by atoms with Crippen molar-refractivity contribution < 1.29 is 9.59 Å². The van der Waals surface area contributed by atoms with Gasteiger partial charge in [-0.3, -0.25) is 9.59 Å². The summed E-state index contributed by atoms with van der Waals surface area (Å²) in [6.45, 7) is 0. The normalized spacial score (nSPS) is 13.0. The Morgan fingerprint density at radius 3 is 2.95 bits per heavy atom. The summed E-state index contributed by atoms with van der Waals surface area (Å²) in [5.74, 6) is -0.261. The average molecular weight is 309 g/mol. The molecule has 3 aromatic rings. The first kappa shape index (κ1) is 13.0. The third-order valence-electron chi connectivity index (χ3n) is 3.48. The molecule has 22 heavy (non-hydrogen) atoms. The largest absolute Gasteiger partial charge is 0.326 e. The zero-order valence-electron chi connectivity index (χ0n) is 11.4. The van der Waals surface area contributed by atoms with Crippen molar-refractivity contribution >= 4 is 44.7 Å². The van der Waals surface area contributed by atoms with E-state index in [1.54, 1.807) is 12.1 Å². The van der Waals surface area contributed by atoms with Crippen LogP contribution in [-0.4, -0.2) is 16.8 Å². The van der Waals surface area contributed by atoms with Gasteiger partial charge in [-0.25, -0.2) is 4.98 Å². The standard InChI is InChI=1S/C16H11N3O2S/c20-14-8-9-7-10(5-6-11(9)18-14)17-15(21)16-19-12-3-1-2-4-13(12)22-16/h1-7H,8H2,(H,17,21)(H,18,20). The smallest absolute Gasteiger partial charge is 0.284 e. The molecule has 0 aliphatic carbocycles. The summed E-state index contributed by atoms with van der Waals surface area (Å²) in [6.07, 6.45) is 0.347. The van der Waals surface area contributed by atoms with E-state index >= 15 is 0 Å². The number of benzene rings is 2. The van der Waals surface area contributed by atoms with Crippen LogP contribution in [0.1, 0.15) is 15.4 Å². The minimum absolute atomic E-state index is 0.0235. The summed E-state index contributed by atoms with van der Waals surface area (Å²) in [7, 11) is 0. The number of hydrogen-bond acceptors (Lipinski definition) is 4. The number of anilines is 2. The number of nitrogens with one attached hydrogen (secondary N) is 2. The van der Waals surface area contributed by atoms with Crippen molar-refractivity contribution in [1.82, 2.24) is 4.98 Å². The Kier molecular flexibility index (Phi) is 2.90. The Bertz CT molecular complexity index is 884. The molecule has 1 aromatic heterocycles. The lowest BCUT2D eigenvalue weighted by Gasteiger charge is -2.05. The third-order valence-corrected chi connectivity index (χ3v) is 4.51. The van der Waals surface area contributed by atoms with E-state index in [0.717, 1.165) is 21.5 Å². The molecular formula is C16H11N3O2S. The van der Waals surface area contributed by atoms with Crippen molar-refractivity contribution in [2.24, 2.45) is 0 Å². The van der Waals surface area contributed by atoms with E-state index in [1.165, 1.54) is 11.3 Å². The molecule has 0 saturated carbocycles. The third kappa shape index (κ3) is 2.23. The first-order valence-electron chi connectivity index (χ1n) is 6.79. The zero-order chi connectivity index (χ0) is 15.1. The molecule has 0 atom stereocenters. The summed E-state index contributed by atoms with van der Waals surface area (Å²) >= 11 is 1.36. The zero-order valence-corrected chi connectivity index (χ0v) is 12.2. The number of thiazole rings is 1. The molecule has 2 heterocycles. The number of para-hydroxylation sites is 1. The Morgan fingerprint density at radius 2 is 2.09 bits per heavy atom. The summed E-state index contributed by atoms with van der Waals surface area (Å²) in [4.78, 5) is 28.0. The van der Waals surface area contributed by atoms with Crippen LogP contribution in [0, 0.1) is 0 Å². The Morgan fingerprint density at radius 1 is 1.23 bits per heavy atom. The monoisotopic (exact) mass is 309 g/mol. The number of carbonyl (C=O) groups is 2. The fourth-order valence-electron chi connectivity index (χ4n) is 2.46. The van der Waals surface area contributed by atoms with Crippen LogP contribution < -0.4 is 10.6 Å². The number of amides is 2. The van der Waals surface area contributed by atoms with Gasteiger partial charge in [0.1, 0.15) is 0 Å². The molecule has 0 fully saturated rings. The predicted octanol–water partition coefficient (Wildman–Crippen LogP) is 3.04. The van der Waals surface area contributed by atoms with Crippen LogP contribution in [0.5, 0.6) is 0 Å². The first-order valence-corrected chi connectivity index (χ1v) is 7.60. The Labute approximate surface area is 130 Å². The number of carbonyl (C=O) groups excluding carboxylic acids is 2. The maximum Gasteiger partial charge on any atom is 0.284 e. The molecule has 0 radical (unpaired) electrons. The highest BCUT2D eigenvalue weighted by atomic mass is 32.1.